The van der Waals surface area contributed by atoms with Crippen LogP contribution in [0.2, 0.25) is 0 Å². The molecule has 0 aliphatic carbocycles. The molecule has 0 atom stereocenters. The van der Waals surface area contributed by atoms with Gasteiger partial charge >= 0.3 is 45.6 Å². The van der Waals surface area contributed by atoms with Crippen molar-refractivity contribution in [1.29, 1.82) is 0 Å². The van der Waals surface area contributed by atoms with Gasteiger partial charge in [0.15, 0.2) is 0 Å². The van der Waals surface area contributed by atoms with Gasteiger partial charge in [-0.15, -0.1) is 0 Å². The number of hydrogen-bond donors (Lipinski definition) is 0. The molecule has 6 heavy (non-hydrogen) atoms. The first-order valence-corrected chi connectivity index (χ1v) is 1.26. The molecule has 0 unspecified atom stereocenters. The minimum Gasteiger partial charge on any atom is -1.00 e. The van der Waals surface area contributed by atoms with Gasteiger partial charge in [0.25, 0.3) is 9.40 Å². The zero-order valence-corrected chi connectivity index (χ0v) is 5.77. The molecule has 0 amide bonds. The SMILES string of the molecule is O=[O+]O[Cl+][O-].[H-].[Na+]. The summed E-state index contributed by atoms with van der Waals surface area (Å²) in [5, 5.41) is 0. The van der Waals surface area contributed by atoms with Gasteiger partial charge in [-0.25, -0.2) is 0 Å². The Morgan fingerprint density at radius 1 is 2.00 bits per heavy atom. The van der Waals surface area contributed by atoms with Crippen LogP contribution in [-0.4, -0.2) is 0 Å². The smallest absolute Gasteiger partial charge is 1.00 e. The van der Waals surface area contributed by atoms with Crippen LogP contribution in [0.4, 0.5) is 0 Å². The summed E-state index contributed by atoms with van der Waals surface area (Å²) >= 11 is -0.0112. The Bertz CT molecular complexity index is 32.9. The van der Waals surface area contributed by atoms with E-state index in [1.165, 1.54) is 0 Å². The summed E-state index contributed by atoms with van der Waals surface area (Å²) in [5.74, 6) is 0. The summed E-state index contributed by atoms with van der Waals surface area (Å²) in [6.07, 6.45) is 0. The summed E-state index contributed by atoms with van der Waals surface area (Å²) in [4.78, 5) is 8.57. The molecule has 0 aliphatic rings. The van der Waals surface area contributed by atoms with Gasteiger partial charge in [0.05, 0.1) is 0 Å². The van der Waals surface area contributed by atoms with Gasteiger partial charge in [-0.3, -0.25) is 0 Å². The van der Waals surface area contributed by atoms with Gasteiger partial charge in [0.1, 0.15) is 0 Å². The Balaban J connectivity index is -0.0000000800. The van der Waals surface area contributed by atoms with Crippen molar-refractivity contribution in [2.24, 2.45) is 0 Å². The maximum absolute atomic E-state index is 8.84. The van der Waals surface area contributed by atoms with Crippen LogP contribution >= 0.6 is 0 Å². The first kappa shape index (κ1) is 9.82. The summed E-state index contributed by atoms with van der Waals surface area (Å²) < 4.78 is 14.5. The Labute approximate surface area is 61.2 Å². The largest absolute Gasteiger partial charge is 1.00 e. The average molecular weight is 123 g/mol. The van der Waals surface area contributed by atoms with Crippen molar-refractivity contribution in [2.45, 2.75) is 0 Å². The molecule has 0 aromatic heterocycles. The molecule has 0 saturated carbocycles. The molecule has 4 nitrogen and oxygen atoms in total. The first-order chi connectivity index (χ1) is 2.41. The fourth-order valence-corrected chi connectivity index (χ4v) is 0.0315. The van der Waals surface area contributed by atoms with E-state index in [1.54, 1.807) is 0 Å². The van der Waals surface area contributed by atoms with Gasteiger partial charge in [-0.05, 0) is 0 Å². The summed E-state index contributed by atoms with van der Waals surface area (Å²) in [6, 6.07) is 0. The third kappa shape index (κ3) is 8.82. The summed E-state index contributed by atoms with van der Waals surface area (Å²) in [6.45, 7) is 0. The molecule has 0 saturated heterocycles. The zero-order chi connectivity index (χ0) is 4.12. The van der Waals surface area contributed by atoms with Crippen LogP contribution in [0.25, 0.3) is 0 Å². The molecule has 32 valence electrons. The third-order valence-electron chi connectivity index (χ3n) is 0.0514. The molecule has 0 fully saturated rings. The second-order valence-electron chi connectivity index (χ2n) is 0.194. The van der Waals surface area contributed by atoms with Crippen LogP contribution < -0.4 is 34.2 Å². The third-order valence-corrected chi connectivity index (χ3v) is 0.154. The van der Waals surface area contributed by atoms with E-state index in [9.17, 15) is 0 Å². The van der Waals surface area contributed by atoms with E-state index in [0.717, 1.165) is 0 Å². The topological polar surface area (TPSA) is 60.7 Å². The molecule has 0 aliphatic heterocycles. The summed E-state index contributed by atoms with van der Waals surface area (Å²) in [7, 11) is 0. The van der Waals surface area contributed by atoms with E-state index in [0.29, 0.717) is 0 Å². The van der Waals surface area contributed by atoms with Gasteiger partial charge in [0.2, 0.25) is 0 Å². The van der Waals surface area contributed by atoms with E-state index in [-0.39, 0.29) is 42.3 Å². The number of halogens is 1. The van der Waals surface area contributed by atoms with Crippen molar-refractivity contribution < 1.29 is 51.4 Å². The molecular weight excluding hydrogens is 122 g/mol. The molecule has 0 aromatic rings. The second kappa shape index (κ2) is 9.17. The fraction of sp³-hybridized carbons (Fsp3) is 0. The van der Waals surface area contributed by atoms with Crippen LogP contribution in [0.5, 0.6) is 0 Å². The van der Waals surface area contributed by atoms with Gasteiger partial charge < -0.3 is 6.09 Å². The maximum Gasteiger partial charge on any atom is 1.00 e. The van der Waals surface area contributed by atoms with E-state index < -0.39 is 0 Å². The predicted octanol–water partition coefficient (Wildman–Crippen LogP) is -4.07. The summed E-state index contributed by atoms with van der Waals surface area (Å²) in [5.41, 5.74) is 0. The Kier molecular flexibility index (Phi) is 15.0. The number of rotatable bonds is 2. The van der Waals surface area contributed by atoms with Crippen molar-refractivity contribution in [3.63, 3.8) is 0 Å². The van der Waals surface area contributed by atoms with Crippen molar-refractivity contribution in [2.75, 3.05) is 0 Å². The maximum atomic E-state index is 8.84. The minimum absolute atomic E-state index is 0. The molecule has 0 rings (SSSR count). The molecule has 0 aromatic carbocycles. The second-order valence-corrected chi connectivity index (χ2v) is 0.446. The van der Waals surface area contributed by atoms with E-state index in [4.69, 9.17) is 9.62 Å². The molecule has 0 spiro atoms. The van der Waals surface area contributed by atoms with E-state index in [1.807, 2.05) is 0 Å². The molecule has 6 heteroatoms. The van der Waals surface area contributed by atoms with Crippen molar-refractivity contribution in [1.82, 2.24) is 0 Å². The molecule has 0 bridgehead atoms. The van der Waals surface area contributed by atoms with Gasteiger partial charge in [0, 0.05) is 0 Å². The van der Waals surface area contributed by atoms with Crippen molar-refractivity contribution >= 4 is 0 Å². The average Bonchev–Trinajstić information content (AvgIpc) is 1.41. The van der Waals surface area contributed by atoms with Crippen LogP contribution in [0.3, 0.4) is 0 Å². The monoisotopic (exact) mass is 123 g/mol. The van der Waals surface area contributed by atoms with Crippen LogP contribution in [-0.2, 0) is 4.44 Å². The molecule has 0 N–H and O–H groups in total. The zero-order valence-electron chi connectivity index (χ0n) is 4.01. The molecular formula is HClNaO4+. The van der Waals surface area contributed by atoms with Gasteiger partial charge in [-0.2, -0.15) is 0 Å². The van der Waals surface area contributed by atoms with E-state index >= 15 is 0 Å². The Morgan fingerprint density at radius 2 is 2.50 bits per heavy atom. The molecule has 0 heterocycles. The Hall–Kier alpha value is 0.650. The Morgan fingerprint density at radius 3 is 2.50 bits per heavy atom. The van der Waals surface area contributed by atoms with Crippen molar-refractivity contribution in [3.8, 4) is 0 Å². The predicted molar refractivity (Wildman–Crippen MR) is 8.93 cm³/mol. The quantitative estimate of drug-likeness (QED) is 0.162. The molecule has 0 radical (unpaired) electrons. The number of hydrogen-bond acceptors (Lipinski definition) is 3. The van der Waals surface area contributed by atoms with Crippen LogP contribution in [0.15, 0.2) is 0 Å². The van der Waals surface area contributed by atoms with Crippen LogP contribution in [0, 0.1) is 21.0 Å². The first-order valence-electron chi connectivity index (χ1n) is 0.642. The minimum atomic E-state index is -0.0112. The fourth-order valence-electron chi connectivity index (χ4n) is 0.0105. The van der Waals surface area contributed by atoms with Crippen molar-refractivity contribution in [3.05, 3.63) is 9.71 Å². The standard InChI is InChI=1S/ClO4.Na.H/c2-1-4-5-3;;/q2*+1;-1. The van der Waals surface area contributed by atoms with Gasteiger partial charge in [-0.1, -0.05) is 0 Å². The normalized spacial score (nSPS) is 5.50. The van der Waals surface area contributed by atoms with E-state index in [2.05, 4.69) is 9.19 Å². The van der Waals surface area contributed by atoms with Crippen LogP contribution in [0.1, 0.15) is 1.43 Å².